The Kier molecular flexibility index (Phi) is 4.58. The number of nitrogens with two attached hydrogens (primary N) is 1. The fourth-order valence-electron chi connectivity index (χ4n) is 2.86. The fraction of sp³-hybridized carbons (Fsp3) is 0.0909. The first-order valence-corrected chi connectivity index (χ1v) is 8.86. The van der Waals surface area contributed by atoms with E-state index >= 15 is 0 Å². The molecule has 0 aliphatic rings. The van der Waals surface area contributed by atoms with Crippen molar-refractivity contribution in [3.63, 3.8) is 0 Å². The third kappa shape index (κ3) is 3.67. The number of anilines is 3. The van der Waals surface area contributed by atoms with Crippen LogP contribution in [0.5, 0.6) is 11.6 Å². The van der Waals surface area contributed by atoms with Gasteiger partial charge >= 0.3 is 0 Å². The van der Waals surface area contributed by atoms with Crippen LogP contribution in [0.15, 0.2) is 73.1 Å². The van der Waals surface area contributed by atoms with Gasteiger partial charge in [0.2, 0.25) is 5.88 Å². The number of benzene rings is 3. The number of aryl methyl sites for hydroxylation is 1. The number of aromatic nitrogens is 2. The lowest BCUT2D eigenvalue weighted by Crippen LogP contribution is -2.03. The lowest BCUT2D eigenvalue weighted by molar-refractivity contribution is 0.465. The number of rotatable bonds is 5. The van der Waals surface area contributed by atoms with Gasteiger partial charge in [0.25, 0.3) is 0 Å². The Labute approximate surface area is 157 Å². The highest BCUT2D eigenvalue weighted by Gasteiger charge is 2.11. The van der Waals surface area contributed by atoms with Crippen LogP contribution >= 0.6 is 0 Å². The first-order valence-electron chi connectivity index (χ1n) is 8.86. The smallest absolute Gasteiger partial charge is 0.248 e. The molecule has 0 spiro atoms. The third-order valence-electron chi connectivity index (χ3n) is 4.41. The van der Waals surface area contributed by atoms with Gasteiger partial charge in [-0.05, 0) is 47.0 Å². The molecule has 0 radical (unpaired) electrons. The van der Waals surface area contributed by atoms with Crippen molar-refractivity contribution in [3.8, 4) is 11.6 Å². The molecule has 0 amide bonds. The highest BCUT2D eigenvalue weighted by atomic mass is 16.5. The number of fused-ring (bicyclic) bond motifs is 1. The molecular formula is C22H20N4O. The molecule has 0 fully saturated rings. The summed E-state index contributed by atoms with van der Waals surface area (Å²) >= 11 is 0. The van der Waals surface area contributed by atoms with Crippen LogP contribution in [0.1, 0.15) is 12.5 Å². The van der Waals surface area contributed by atoms with E-state index in [-0.39, 0.29) is 0 Å². The summed E-state index contributed by atoms with van der Waals surface area (Å²) in [5.41, 5.74) is 8.79. The van der Waals surface area contributed by atoms with E-state index in [9.17, 15) is 0 Å². The van der Waals surface area contributed by atoms with Crippen LogP contribution in [0.4, 0.5) is 17.2 Å². The molecule has 0 unspecified atom stereocenters. The Morgan fingerprint density at radius 2 is 1.70 bits per heavy atom. The molecule has 0 atom stereocenters. The number of nitrogens with zero attached hydrogens (tertiary/aromatic N) is 2. The van der Waals surface area contributed by atoms with E-state index in [0.717, 1.165) is 22.9 Å². The van der Waals surface area contributed by atoms with Crippen molar-refractivity contribution < 1.29 is 4.74 Å². The van der Waals surface area contributed by atoms with Gasteiger partial charge in [0, 0.05) is 5.69 Å². The Morgan fingerprint density at radius 3 is 2.48 bits per heavy atom. The van der Waals surface area contributed by atoms with Crippen LogP contribution in [0.25, 0.3) is 10.8 Å². The standard InChI is InChI=1S/C22H20N4O/c1-2-15-7-10-18(11-8-15)26-21-20(23)22(25-14-24-21)27-19-12-9-16-5-3-4-6-17(16)13-19/h3-14H,2,23H2,1H3,(H,24,25,26). The molecule has 0 saturated heterocycles. The van der Waals surface area contributed by atoms with Gasteiger partial charge in [-0.15, -0.1) is 0 Å². The topological polar surface area (TPSA) is 73.1 Å². The predicted octanol–water partition coefficient (Wildman–Crippen LogP) is 5.31. The molecule has 27 heavy (non-hydrogen) atoms. The molecule has 4 aromatic rings. The van der Waals surface area contributed by atoms with Crippen molar-refractivity contribution in [1.29, 1.82) is 0 Å². The molecule has 3 N–H and O–H groups in total. The van der Waals surface area contributed by atoms with Crippen molar-refractivity contribution in [3.05, 3.63) is 78.6 Å². The van der Waals surface area contributed by atoms with E-state index < -0.39 is 0 Å². The van der Waals surface area contributed by atoms with E-state index in [4.69, 9.17) is 10.5 Å². The Balaban J connectivity index is 1.58. The van der Waals surface area contributed by atoms with E-state index in [1.807, 2.05) is 48.5 Å². The molecule has 1 aromatic heterocycles. The highest BCUT2D eigenvalue weighted by Crippen LogP contribution is 2.32. The number of hydrogen-bond donors (Lipinski definition) is 2. The van der Waals surface area contributed by atoms with Crippen LogP contribution < -0.4 is 15.8 Å². The zero-order valence-electron chi connectivity index (χ0n) is 15.0. The second-order valence-electron chi connectivity index (χ2n) is 6.23. The molecule has 0 bridgehead atoms. The van der Waals surface area contributed by atoms with Gasteiger partial charge < -0.3 is 15.8 Å². The summed E-state index contributed by atoms with van der Waals surface area (Å²) in [5.74, 6) is 1.52. The van der Waals surface area contributed by atoms with Gasteiger partial charge in [0.05, 0.1) is 0 Å². The van der Waals surface area contributed by atoms with Crippen LogP contribution in [0.2, 0.25) is 0 Å². The third-order valence-corrected chi connectivity index (χ3v) is 4.41. The summed E-state index contributed by atoms with van der Waals surface area (Å²) in [6.45, 7) is 2.13. The molecular weight excluding hydrogens is 336 g/mol. The monoisotopic (exact) mass is 356 g/mol. The Morgan fingerprint density at radius 1 is 0.926 bits per heavy atom. The van der Waals surface area contributed by atoms with Gasteiger partial charge in [0.15, 0.2) is 5.82 Å². The summed E-state index contributed by atoms with van der Waals surface area (Å²) in [6, 6.07) is 22.1. The SMILES string of the molecule is CCc1ccc(Nc2ncnc(Oc3ccc4ccccc4c3)c2N)cc1. The number of ether oxygens (including phenoxy) is 1. The van der Waals surface area contributed by atoms with Crippen molar-refractivity contribution in [2.24, 2.45) is 0 Å². The molecule has 134 valence electrons. The maximum Gasteiger partial charge on any atom is 0.248 e. The minimum Gasteiger partial charge on any atom is -0.437 e. The fourth-order valence-corrected chi connectivity index (χ4v) is 2.86. The van der Waals surface area contributed by atoms with Crippen LogP contribution in [-0.4, -0.2) is 9.97 Å². The quantitative estimate of drug-likeness (QED) is 0.507. The highest BCUT2D eigenvalue weighted by molar-refractivity contribution is 5.84. The Hall–Kier alpha value is -3.60. The zero-order chi connectivity index (χ0) is 18.6. The van der Waals surface area contributed by atoms with E-state index in [0.29, 0.717) is 23.1 Å². The molecule has 5 heteroatoms. The van der Waals surface area contributed by atoms with Gasteiger partial charge in [0.1, 0.15) is 17.8 Å². The molecule has 1 heterocycles. The first kappa shape index (κ1) is 16.8. The summed E-state index contributed by atoms with van der Waals surface area (Å²) in [7, 11) is 0. The van der Waals surface area contributed by atoms with Crippen molar-refractivity contribution in [1.82, 2.24) is 9.97 Å². The lowest BCUT2D eigenvalue weighted by Gasteiger charge is -2.12. The molecule has 5 nitrogen and oxygen atoms in total. The number of nitrogen functional groups attached to an aromatic ring is 1. The number of nitrogens with one attached hydrogen (secondary N) is 1. The van der Waals surface area contributed by atoms with Crippen LogP contribution in [-0.2, 0) is 6.42 Å². The van der Waals surface area contributed by atoms with Gasteiger partial charge in [-0.1, -0.05) is 49.4 Å². The van der Waals surface area contributed by atoms with Crippen LogP contribution in [0, 0.1) is 0 Å². The van der Waals surface area contributed by atoms with Gasteiger partial charge in [-0.2, -0.15) is 4.98 Å². The minimum absolute atomic E-state index is 0.327. The van der Waals surface area contributed by atoms with Gasteiger partial charge in [-0.25, -0.2) is 4.98 Å². The second kappa shape index (κ2) is 7.33. The predicted molar refractivity (Wildman–Crippen MR) is 110 cm³/mol. The average molecular weight is 356 g/mol. The molecule has 0 aliphatic heterocycles. The van der Waals surface area contributed by atoms with E-state index in [1.165, 1.54) is 11.9 Å². The summed E-state index contributed by atoms with van der Waals surface area (Å²) in [6.07, 6.45) is 2.44. The van der Waals surface area contributed by atoms with Crippen molar-refractivity contribution in [2.45, 2.75) is 13.3 Å². The maximum atomic E-state index is 6.24. The molecule has 0 aliphatic carbocycles. The molecule has 0 saturated carbocycles. The van der Waals surface area contributed by atoms with Gasteiger partial charge in [-0.3, -0.25) is 0 Å². The van der Waals surface area contributed by atoms with Crippen molar-refractivity contribution >= 4 is 28.0 Å². The minimum atomic E-state index is 0.327. The van der Waals surface area contributed by atoms with Crippen LogP contribution in [0.3, 0.4) is 0 Å². The van der Waals surface area contributed by atoms with E-state index in [1.54, 1.807) is 0 Å². The number of hydrogen-bond acceptors (Lipinski definition) is 5. The zero-order valence-corrected chi connectivity index (χ0v) is 15.0. The molecule has 3 aromatic carbocycles. The average Bonchev–Trinajstić information content (AvgIpc) is 2.71. The summed E-state index contributed by atoms with van der Waals surface area (Å²) < 4.78 is 5.92. The summed E-state index contributed by atoms with van der Waals surface area (Å²) in [4.78, 5) is 8.43. The second-order valence-corrected chi connectivity index (χ2v) is 6.23. The van der Waals surface area contributed by atoms with Crippen molar-refractivity contribution in [2.75, 3.05) is 11.1 Å². The largest absolute Gasteiger partial charge is 0.437 e. The summed E-state index contributed by atoms with van der Waals surface area (Å²) in [5, 5.41) is 5.47. The normalized spacial score (nSPS) is 10.7. The Bertz CT molecular complexity index is 1080. The lowest BCUT2D eigenvalue weighted by atomic mass is 10.1. The van der Waals surface area contributed by atoms with E-state index in [2.05, 4.69) is 40.4 Å². The molecule has 4 rings (SSSR count). The maximum absolute atomic E-state index is 6.24. The first-order chi connectivity index (χ1) is 13.2.